The minimum atomic E-state index is -0.866. The lowest BCUT2D eigenvalue weighted by atomic mass is 10.3. The molecule has 2 atom stereocenters. The monoisotopic (exact) mass is 180 g/mol. The van der Waals surface area contributed by atoms with Crippen LogP contribution in [0.5, 0.6) is 0 Å². The third-order valence-corrected chi connectivity index (χ3v) is 1.62. The van der Waals surface area contributed by atoms with Crippen LogP contribution in [0.4, 0.5) is 0 Å². The predicted octanol–water partition coefficient (Wildman–Crippen LogP) is 0.233. The molecule has 0 saturated carbocycles. The van der Waals surface area contributed by atoms with Crippen LogP contribution in [0.3, 0.4) is 0 Å². The van der Waals surface area contributed by atoms with Gasteiger partial charge in [-0.15, -0.1) is 0 Å². The molecule has 0 bridgehead atoms. The van der Waals surface area contributed by atoms with Crippen LogP contribution in [0.15, 0.2) is 0 Å². The molecule has 1 aliphatic heterocycles. The average Bonchev–Trinajstić information content (AvgIpc) is 2.42. The second-order valence-corrected chi connectivity index (χ2v) is 2.24. The first kappa shape index (κ1) is 6.04. The van der Waals surface area contributed by atoms with Crippen molar-refractivity contribution in [2.24, 2.45) is 0 Å². The van der Waals surface area contributed by atoms with Crippen molar-refractivity contribution in [2.45, 2.75) is 12.2 Å². The van der Waals surface area contributed by atoms with Gasteiger partial charge in [0.2, 0.25) is 0 Å². The smallest absolute Gasteiger partial charge is 0.335 e. The third kappa shape index (κ3) is 1.00. The summed E-state index contributed by atoms with van der Waals surface area (Å²) in [6.07, 6.45) is -0.637. The van der Waals surface area contributed by atoms with Crippen molar-refractivity contribution >= 4 is 21.9 Å². The molecule has 1 heterocycles. The highest BCUT2D eigenvalue weighted by atomic mass is 79.9. The Labute approximate surface area is 54.8 Å². The van der Waals surface area contributed by atoms with Crippen LogP contribution in [0.25, 0.3) is 0 Å². The molecule has 1 saturated heterocycles. The molecular weight excluding hydrogens is 176 g/mol. The van der Waals surface area contributed by atoms with Crippen LogP contribution >= 0.6 is 15.9 Å². The summed E-state index contributed by atoms with van der Waals surface area (Å²) < 4.78 is 4.68. The van der Waals surface area contributed by atoms with E-state index in [1.165, 1.54) is 0 Å². The summed E-state index contributed by atoms with van der Waals surface area (Å²) in [6, 6.07) is 0. The van der Waals surface area contributed by atoms with Crippen molar-refractivity contribution in [3.05, 3.63) is 0 Å². The lowest BCUT2D eigenvalue weighted by molar-refractivity contribution is -0.138. The Morgan fingerprint density at radius 2 is 2.50 bits per heavy atom. The summed E-state index contributed by atoms with van der Waals surface area (Å²) >= 11 is 3.10. The van der Waals surface area contributed by atoms with E-state index in [0.29, 0.717) is 5.33 Å². The van der Waals surface area contributed by atoms with Gasteiger partial charge in [0.05, 0.1) is 0 Å². The van der Waals surface area contributed by atoms with Gasteiger partial charge in [-0.2, -0.15) is 0 Å². The van der Waals surface area contributed by atoms with E-state index in [4.69, 9.17) is 5.11 Å². The molecular formula is C4H5BrO3. The van der Waals surface area contributed by atoms with Crippen LogP contribution in [0.1, 0.15) is 0 Å². The number of aliphatic carboxylic acids is 1. The second-order valence-electron chi connectivity index (χ2n) is 1.59. The molecule has 46 valence electrons. The fourth-order valence-electron chi connectivity index (χ4n) is 0.477. The minimum Gasteiger partial charge on any atom is -0.479 e. The van der Waals surface area contributed by atoms with Gasteiger partial charge in [-0.05, 0) is 0 Å². The van der Waals surface area contributed by atoms with E-state index in [0.717, 1.165) is 0 Å². The van der Waals surface area contributed by atoms with Crippen molar-refractivity contribution in [3.63, 3.8) is 0 Å². The topological polar surface area (TPSA) is 49.8 Å². The number of carboxylic acids is 1. The average molecular weight is 181 g/mol. The number of hydrogen-bond donors (Lipinski definition) is 1. The maximum Gasteiger partial charge on any atom is 0.335 e. The molecule has 0 radical (unpaired) electrons. The van der Waals surface area contributed by atoms with Gasteiger partial charge in [0.15, 0.2) is 6.10 Å². The molecule has 2 unspecified atom stereocenters. The Morgan fingerprint density at radius 3 is 2.62 bits per heavy atom. The molecule has 0 spiro atoms. The van der Waals surface area contributed by atoms with Gasteiger partial charge in [-0.1, -0.05) is 15.9 Å². The number of hydrogen-bond acceptors (Lipinski definition) is 2. The molecule has 1 fully saturated rings. The van der Waals surface area contributed by atoms with Gasteiger partial charge in [0.25, 0.3) is 0 Å². The summed E-state index contributed by atoms with van der Waals surface area (Å²) in [4.78, 5) is 9.99. The van der Waals surface area contributed by atoms with E-state index in [2.05, 4.69) is 20.7 Å². The Kier molecular flexibility index (Phi) is 1.53. The van der Waals surface area contributed by atoms with E-state index >= 15 is 0 Å². The zero-order valence-corrected chi connectivity index (χ0v) is 5.59. The Balaban J connectivity index is 2.26. The molecule has 8 heavy (non-hydrogen) atoms. The minimum absolute atomic E-state index is 0.0903. The first-order chi connectivity index (χ1) is 3.75. The third-order valence-electron chi connectivity index (χ3n) is 0.978. The van der Waals surface area contributed by atoms with E-state index in [1.54, 1.807) is 0 Å². The highest BCUT2D eigenvalue weighted by Crippen LogP contribution is 2.23. The molecule has 0 aromatic carbocycles. The lowest BCUT2D eigenvalue weighted by Crippen LogP contribution is -2.07. The highest BCUT2D eigenvalue weighted by molar-refractivity contribution is 9.09. The Bertz CT molecular complexity index is 114. The number of carboxylic acid groups (broad SMARTS) is 1. The van der Waals surface area contributed by atoms with Gasteiger partial charge in [-0.25, -0.2) is 4.79 Å². The van der Waals surface area contributed by atoms with Crippen LogP contribution in [-0.4, -0.2) is 28.6 Å². The summed E-state index contributed by atoms with van der Waals surface area (Å²) in [7, 11) is 0. The summed E-state index contributed by atoms with van der Waals surface area (Å²) in [5.41, 5.74) is 0. The first-order valence-corrected chi connectivity index (χ1v) is 3.32. The quantitative estimate of drug-likeness (QED) is 0.490. The van der Waals surface area contributed by atoms with Gasteiger partial charge in [-0.3, -0.25) is 0 Å². The van der Waals surface area contributed by atoms with Crippen molar-refractivity contribution in [2.75, 3.05) is 5.33 Å². The molecule has 3 nitrogen and oxygen atoms in total. The number of carbonyl (C=O) groups is 1. The SMILES string of the molecule is O=C(O)C1OC1CBr. The molecule has 0 aromatic heterocycles. The molecule has 4 heteroatoms. The molecule has 0 aliphatic carbocycles. The highest BCUT2D eigenvalue weighted by Gasteiger charge is 2.44. The van der Waals surface area contributed by atoms with Gasteiger partial charge in [0, 0.05) is 5.33 Å². The zero-order chi connectivity index (χ0) is 6.15. The number of alkyl halides is 1. The van der Waals surface area contributed by atoms with Crippen molar-refractivity contribution in [1.82, 2.24) is 0 Å². The zero-order valence-electron chi connectivity index (χ0n) is 4.00. The number of epoxide rings is 1. The van der Waals surface area contributed by atoms with Crippen molar-refractivity contribution < 1.29 is 14.6 Å². The van der Waals surface area contributed by atoms with E-state index < -0.39 is 12.1 Å². The Morgan fingerprint density at radius 1 is 1.88 bits per heavy atom. The van der Waals surface area contributed by atoms with Crippen LogP contribution in [0.2, 0.25) is 0 Å². The standard InChI is InChI=1S/C4H5BrO3/c5-1-2-3(8-2)4(6)7/h2-3H,1H2,(H,6,7). The van der Waals surface area contributed by atoms with E-state index in [-0.39, 0.29) is 6.10 Å². The first-order valence-electron chi connectivity index (χ1n) is 2.20. The van der Waals surface area contributed by atoms with Gasteiger partial charge in [0.1, 0.15) is 6.10 Å². The molecule has 1 N–H and O–H groups in total. The van der Waals surface area contributed by atoms with Crippen LogP contribution < -0.4 is 0 Å². The largest absolute Gasteiger partial charge is 0.479 e. The normalized spacial score (nSPS) is 34.6. The van der Waals surface area contributed by atoms with Crippen LogP contribution in [0, 0.1) is 0 Å². The fourth-order valence-corrected chi connectivity index (χ4v) is 0.970. The maximum atomic E-state index is 9.99. The lowest BCUT2D eigenvalue weighted by Gasteiger charge is -1.77. The van der Waals surface area contributed by atoms with Gasteiger partial charge >= 0.3 is 5.97 Å². The Hall–Kier alpha value is -0.0900. The molecule has 0 amide bonds. The summed E-state index contributed by atoms with van der Waals surface area (Å²) in [5, 5.41) is 8.82. The van der Waals surface area contributed by atoms with E-state index in [9.17, 15) is 4.79 Å². The van der Waals surface area contributed by atoms with Gasteiger partial charge < -0.3 is 9.84 Å². The maximum absolute atomic E-state index is 9.99. The second kappa shape index (κ2) is 2.03. The molecule has 1 rings (SSSR count). The number of halogens is 1. The predicted molar refractivity (Wildman–Crippen MR) is 30.1 cm³/mol. The summed E-state index contributed by atoms with van der Waals surface area (Å²) in [5.74, 6) is -0.866. The number of ether oxygens (including phenoxy) is 1. The van der Waals surface area contributed by atoms with E-state index in [1.807, 2.05) is 0 Å². The van der Waals surface area contributed by atoms with Crippen molar-refractivity contribution in [1.29, 1.82) is 0 Å². The van der Waals surface area contributed by atoms with Crippen LogP contribution in [-0.2, 0) is 9.53 Å². The summed E-state index contributed by atoms with van der Waals surface area (Å²) in [6.45, 7) is 0. The fraction of sp³-hybridized carbons (Fsp3) is 0.750. The van der Waals surface area contributed by atoms with Crippen molar-refractivity contribution in [3.8, 4) is 0 Å². The number of rotatable bonds is 2. The molecule has 0 aromatic rings. The molecule has 1 aliphatic rings.